The minimum Gasteiger partial charge on any atom is -0.494 e. The minimum atomic E-state index is -4.11. The Labute approximate surface area is 102 Å². The first-order valence-corrected chi connectivity index (χ1v) is 7.18. The second-order valence-corrected chi connectivity index (χ2v) is 5.28. The van der Waals surface area contributed by atoms with Crippen LogP contribution in [0, 0.1) is 0 Å². The molecule has 0 aliphatic carbocycles. The van der Waals surface area contributed by atoms with Gasteiger partial charge in [-0.1, -0.05) is 26.2 Å². The van der Waals surface area contributed by atoms with E-state index in [0.717, 1.165) is 12.8 Å². The van der Waals surface area contributed by atoms with Gasteiger partial charge in [-0.25, -0.2) is 0 Å². The predicted molar refractivity (Wildman–Crippen MR) is 65.9 cm³/mol. The molecule has 96 valence electrons. The van der Waals surface area contributed by atoms with Crippen molar-refractivity contribution in [2.24, 2.45) is 0 Å². The van der Waals surface area contributed by atoms with Crippen molar-refractivity contribution in [2.75, 3.05) is 6.61 Å². The lowest BCUT2D eigenvalue weighted by atomic mass is 10.2. The molecule has 5 heteroatoms. The van der Waals surface area contributed by atoms with Crippen LogP contribution < -0.4 is 4.74 Å². The zero-order valence-corrected chi connectivity index (χ0v) is 10.7. The molecule has 0 fully saturated rings. The molecule has 0 aliphatic heterocycles. The van der Waals surface area contributed by atoms with Crippen LogP contribution in [0.5, 0.6) is 5.75 Å². The van der Waals surface area contributed by atoms with Crippen molar-refractivity contribution in [3.8, 4) is 5.75 Å². The summed E-state index contributed by atoms with van der Waals surface area (Å²) in [6, 6.07) is 5.75. The first kappa shape index (κ1) is 14.0. The summed E-state index contributed by atoms with van der Waals surface area (Å²) in [4.78, 5) is -0.115. The molecule has 0 aromatic heterocycles. The Balaban J connectivity index is 2.41. The smallest absolute Gasteiger partial charge is 0.294 e. The molecule has 0 radical (unpaired) electrons. The standard InChI is InChI=1S/C12H18O4S/c1-2-3-4-5-10-16-11-6-8-12(9-7-11)17(13,14)15/h6-9H,2-5,10H2,1H3,(H,13,14,15). The van der Waals surface area contributed by atoms with Crippen molar-refractivity contribution >= 4 is 10.1 Å². The van der Waals surface area contributed by atoms with Gasteiger partial charge in [0.25, 0.3) is 10.1 Å². The maximum absolute atomic E-state index is 10.8. The summed E-state index contributed by atoms with van der Waals surface area (Å²) in [5, 5.41) is 0. The third-order valence-corrected chi connectivity index (χ3v) is 3.26. The highest BCUT2D eigenvalue weighted by Gasteiger charge is 2.08. The fraction of sp³-hybridized carbons (Fsp3) is 0.500. The van der Waals surface area contributed by atoms with Crippen LogP contribution in [0.1, 0.15) is 32.6 Å². The molecule has 0 unspecified atom stereocenters. The molecule has 0 heterocycles. The average molecular weight is 258 g/mol. The van der Waals surface area contributed by atoms with Gasteiger partial charge in [-0.05, 0) is 30.7 Å². The van der Waals surface area contributed by atoms with E-state index in [1.54, 1.807) is 12.1 Å². The lowest BCUT2D eigenvalue weighted by molar-refractivity contribution is 0.305. The van der Waals surface area contributed by atoms with Gasteiger partial charge < -0.3 is 4.74 Å². The Morgan fingerprint density at radius 2 is 1.76 bits per heavy atom. The number of hydrogen-bond donors (Lipinski definition) is 1. The monoisotopic (exact) mass is 258 g/mol. The van der Waals surface area contributed by atoms with E-state index >= 15 is 0 Å². The molecular formula is C12H18O4S. The number of rotatable bonds is 7. The van der Waals surface area contributed by atoms with Crippen LogP contribution in [-0.2, 0) is 10.1 Å². The second kappa shape index (κ2) is 6.61. The third kappa shape index (κ3) is 5.19. The van der Waals surface area contributed by atoms with E-state index in [1.165, 1.54) is 25.0 Å². The molecule has 0 aliphatic rings. The lowest BCUT2D eigenvalue weighted by Gasteiger charge is -2.06. The van der Waals surface area contributed by atoms with Gasteiger partial charge in [0.05, 0.1) is 11.5 Å². The number of unbranched alkanes of at least 4 members (excludes halogenated alkanes) is 3. The van der Waals surface area contributed by atoms with Crippen molar-refractivity contribution < 1.29 is 17.7 Å². The van der Waals surface area contributed by atoms with Crippen LogP contribution in [0.25, 0.3) is 0 Å². The maximum atomic E-state index is 10.8. The molecule has 4 nitrogen and oxygen atoms in total. The Morgan fingerprint density at radius 3 is 2.29 bits per heavy atom. The van der Waals surface area contributed by atoms with Gasteiger partial charge in [0, 0.05) is 0 Å². The topological polar surface area (TPSA) is 63.6 Å². The van der Waals surface area contributed by atoms with E-state index in [-0.39, 0.29) is 4.90 Å². The van der Waals surface area contributed by atoms with Gasteiger partial charge >= 0.3 is 0 Å². The summed E-state index contributed by atoms with van der Waals surface area (Å²) in [6.07, 6.45) is 4.52. The highest BCUT2D eigenvalue weighted by Crippen LogP contribution is 2.16. The SMILES string of the molecule is CCCCCCOc1ccc(S(=O)(=O)O)cc1. The van der Waals surface area contributed by atoms with Crippen LogP contribution in [-0.4, -0.2) is 19.6 Å². The summed E-state index contributed by atoms with van der Waals surface area (Å²) in [5.41, 5.74) is 0. The zero-order valence-electron chi connectivity index (χ0n) is 9.93. The first-order valence-electron chi connectivity index (χ1n) is 5.74. The number of benzene rings is 1. The molecule has 1 aromatic carbocycles. The molecule has 17 heavy (non-hydrogen) atoms. The highest BCUT2D eigenvalue weighted by molar-refractivity contribution is 7.85. The average Bonchev–Trinajstić information content (AvgIpc) is 2.28. The molecule has 1 rings (SSSR count). The number of ether oxygens (including phenoxy) is 1. The van der Waals surface area contributed by atoms with Crippen LogP contribution in [0.2, 0.25) is 0 Å². The van der Waals surface area contributed by atoms with Gasteiger partial charge in [0.1, 0.15) is 5.75 Å². The van der Waals surface area contributed by atoms with Crippen molar-refractivity contribution in [1.29, 1.82) is 0 Å². The van der Waals surface area contributed by atoms with Crippen molar-refractivity contribution in [3.05, 3.63) is 24.3 Å². The highest BCUT2D eigenvalue weighted by atomic mass is 32.2. The molecule has 1 N–H and O–H groups in total. The third-order valence-electron chi connectivity index (χ3n) is 2.39. The second-order valence-electron chi connectivity index (χ2n) is 3.86. The van der Waals surface area contributed by atoms with E-state index in [9.17, 15) is 8.42 Å². The van der Waals surface area contributed by atoms with Gasteiger partial charge in [0.2, 0.25) is 0 Å². The quantitative estimate of drug-likeness (QED) is 0.603. The van der Waals surface area contributed by atoms with E-state index < -0.39 is 10.1 Å². The number of hydrogen-bond acceptors (Lipinski definition) is 3. The fourth-order valence-electron chi connectivity index (χ4n) is 1.43. The van der Waals surface area contributed by atoms with Crippen molar-refractivity contribution in [3.63, 3.8) is 0 Å². The van der Waals surface area contributed by atoms with E-state index in [4.69, 9.17) is 9.29 Å². The summed E-state index contributed by atoms with van der Waals surface area (Å²) in [5.74, 6) is 0.619. The van der Waals surface area contributed by atoms with Gasteiger partial charge in [-0.2, -0.15) is 8.42 Å². The first-order chi connectivity index (χ1) is 8.04. The normalized spacial score (nSPS) is 11.4. The van der Waals surface area contributed by atoms with Crippen LogP contribution >= 0.6 is 0 Å². The maximum Gasteiger partial charge on any atom is 0.294 e. The summed E-state index contributed by atoms with van der Waals surface area (Å²) < 4.78 is 35.8. The van der Waals surface area contributed by atoms with E-state index in [2.05, 4.69) is 6.92 Å². The van der Waals surface area contributed by atoms with Gasteiger partial charge in [-0.15, -0.1) is 0 Å². The Hall–Kier alpha value is -1.07. The van der Waals surface area contributed by atoms with E-state index in [0.29, 0.717) is 12.4 Å². The molecular weight excluding hydrogens is 240 g/mol. The Morgan fingerprint density at radius 1 is 1.12 bits per heavy atom. The van der Waals surface area contributed by atoms with Gasteiger partial charge in [0.15, 0.2) is 0 Å². The molecule has 0 bridgehead atoms. The summed E-state index contributed by atoms with van der Waals surface area (Å²) >= 11 is 0. The van der Waals surface area contributed by atoms with Crippen molar-refractivity contribution in [1.82, 2.24) is 0 Å². The zero-order chi connectivity index (χ0) is 12.7. The van der Waals surface area contributed by atoms with Gasteiger partial charge in [-0.3, -0.25) is 4.55 Å². The van der Waals surface area contributed by atoms with Crippen LogP contribution in [0.15, 0.2) is 29.2 Å². The summed E-state index contributed by atoms with van der Waals surface area (Å²) in [6.45, 7) is 2.78. The predicted octanol–water partition coefficient (Wildman–Crippen LogP) is 2.89. The van der Waals surface area contributed by atoms with Crippen molar-refractivity contribution in [2.45, 2.75) is 37.5 Å². The van der Waals surface area contributed by atoms with Crippen LogP contribution in [0.3, 0.4) is 0 Å². The van der Waals surface area contributed by atoms with Crippen LogP contribution in [0.4, 0.5) is 0 Å². The molecule has 0 atom stereocenters. The van der Waals surface area contributed by atoms with E-state index in [1.807, 2.05) is 0 Å². The molecule has 1 aromatic rings. The largest absolute Gasteiger partial charge is 0.494 e. The molecule has 0 amide bonds. The molecule has 0 saturated heterocycles. The fourth-order valence-corrected chi connectivity index (χ4v) is 1.91. The Bertz CT molecular complexity index is 422. The molecule has 0 saturated carbocycles. The minimum absolute atomic E-state index is 0.115. The molecule has 0 spiro atoms. The lowest BCUT2D eigenvalue weighted by Crippen LogP contribution is -1.99. The Kier molecular flexibility index (Phi) is 5.44. The summed E-state index contributed by atoms with van der Waals surface area (Å²) in [7, 11) is -4.11.